The van der Waals surface area contributed by atoms with Crippen molar-refractivity contribution in [1.29, 1.82) is 0 Å². The number of benzene rings is 3. The van der Waals surface area contributed by atoms with Gasteiger partial charge in [-0.25, -0.2) is 22.4 Å². The first-order valence-corrected chi connectivity index (χ1v) is 13.9. The quantitative estimate of drug-likeness (QED) is 0.309. The van der Waals surface area contributed by atoms with E-state index in [0.717, 1.165) is 0 Å². The molecule has 1 fully saturated rings. The highest BCUT2D eigenvalue weighted by Crippen LogP contribution is 2.28. The lowest BCUT2D eigenvalue weighted by atomic mass is 10.1. The molecule has 1 saturated heterocycles. The predicted octanol–water partition coefficient (Wildman–Crippen LogP) is 4.68. The zero-order valence-electron chi connectivity index (χ0n) is 22.1. The van der Waals surface area contributed by atoms with Gasteiger partial charge in [-0.05, 0) is 61.5 Å². The van der Waals surface area contributed by atoms with Crippen LogP contribution in [-0.4, -0.2) is 69.5 Å². The van der Waals surface area contributed by atoms with Gasteiger partial charge >= 0.3 is 18.1 Å². The van der Waals surface area contributed by atoms with Crippen molar-refractivity contribution in [1.82, 2.24) is 0 Å². The summed E-state index contributed by atoms with van der Waals surface area (Å²) >= 11 is 0. The molecular weight excluding hydrogens is 586 g/mol. The number of hydrogen-bond donors (Lipinski definition) is 3. The second-order valence-corrected chi connectivity index (χ2v) is 10.5. The Balaban J connectivity index is 0.000000616. The summed E-state index contributed by atoms with van der Waals surface area (Å²) in [6, 6.07) is 17.1. The molecule has 0 spiro atoms. The van der Waals surface area contributed by atoms with Crippen LogP contribution < -0.4 is 19.3 Å². The largest absolute Gasteiger partial charge is 0.494 e. The van der Waals surface area contributed by atoms with Crippen LogP contribution in [0.2, 0.25) is 0 Å². The number of carbonyl (C=O) groups is 2. The molecule has 0 unspecified atom stereocenters. The van der Waals surface area contributed by atoms with E-state index in [4.69, 9.17) is 14.6 Å². The van der Waals surface area contributed by atoms with E-state index in [9.17, 15) is 35.9 Å². The van der Waals surface area contributed by atoms with Gasteiger partial charge in [0, 0.05) is 31.9 Å². The summed E-state index contributed by atoms with van der Waals surface area (Å²) in [5.74, 6) is -3.75. The van der Waals surface area contributed by atoms with Crippen molar-refractivity contribution in [2.75, 3.05) is 47.3 Å². The first kappa shape index (κ1) is 32.0. The van der Waals surface area contributed by atoms with Crippen LogP contribution in [0.1, 0.15) is 17.3 Å². The minimum absolute atomic E-state index is 0.00867. The number of halogens is 4. The van der Waals surface area contributed by atoms with E-state index in [1.165, 1.54) is 30.3 Å². The van der Waals surface area contributed by atoms with Gasteiger partial charge in [0.05, 0.1) is 28.4 Å². The Kier molecular flexibility index (Phi) is 10.2. The first-order valence-electron chi connectivity index (χ1n) is 12.4. The minimum Gasteiger partial charge on any atom is -0.494 e. The number of nitrogens with zero attached hydrogens (tertiary/aromatic N) is 2. The molecule has 10 nitrogen and oxygen atoms in total. The monoisotopic (exact) mass is 613 g/mol. The van der Waals surface area contributed by atoms with Crippen LogP contribution in [0.15, 0.2) is 71.6 Å². The Morgan fingerprint density at radius 1 is 0.929 bits per heavy atom. The van der Waals surface area contributed by atoms with Crippen molar-refractivity contribution in [3.8, 4) is 5.75 Å². The van der Waals surface area contributed by atoms with Gasteiger partial charge in [-0.1, -0.05) is 12.1 Å². The van der Waals surface area contributed by atoms with E-state index in [0.29, 0.717) is 49.9 Å². The van der Waals surface area contributed by atoms with E-state index >= 15 is 0 Å². The van der Waals surface area contributed by atoms with Crippen LogP contribution in [0.5, 0.6) is 5.75 Å². The van der Waals surface area contributed by atoms with Crippen LogP contribution in [-0.2, 0) is 14.8 Å². The smallest absolute Gasteiger partial charge is 0.490 e. The highest BCUT2D eigenvalue weighted by atomic mass is 32.2. The lowest BCUT2D eigenvalue weighted by Gasteiger charge is -2.37. The first-order chi connectivity index (χ1) is 19.7. The van der Waals surface area contributed by atoms with Crippen molar-refractivity contribution < 1.29 is 50.5 Å². The van der Waals surface area contributed by atoms with Crippen molar-refractivity contribution >= 4 is 39.0 Å². The molecule has 3 aromatic rings. The normalized spacial score (nSPS) is 13.5. The Morgan fingerprint density at radius 3 is 2.02 bits per heavy atom. The molecule has 1 heterocycles. The molecule has 0 amide bonds. The fourth-order valence-electron chi connectivity index (χ4n) is 3.99. The Hall–Kier alpha value is -4.53. The van der Waals surface area contributed by atoms with Gasteiger partial charge < -0.3 is 24.7 Å². The molecule has 3 N–H and O–H groups in total. The second kappa shape index (κ2) is 13.4. The molecule has 0 aliphatic carbocycles. The third-order valence-corrected chi connectivity index (χ3v) is 7.38. The molecule has 0 atom stereocenters. The zero-order chi connectivity index (χ0) is 31.1. The molecular formula is C27H27F4N3O7S. The molecule has 0 saturated carbocycles. The van der Waals surface area contributed by atoms with Gasteiger partial charge in [-0.3, -0.25) is 4.72 Å². The number of alkyl halides is 3. The van der Waals surface area contributed by atoms with Crippen molar-refractivity contribution in [2.24, 2.45) is 0 Å². The maximum atomic E-state index is 14.1. The molecule has 15 heteroatoms. The summed E-state index contributed by atoms with van der Waals surface area (Å²) in [5.41, 5.74) is 1.01. The minimum atomic E-state index is -5.08. The number of piperazine rings is 1. The van der Waals surface area contributed by atoms with Crippen LogP contribution in [0.3, 0.4) is 0 Å². The Labute approximate surface area is 238 Å². The van der Waals surface area contributed by atoms with Gasteiger partial charge in [0.1, 0.15) is 11.6 Å². The van der Waals surface area contributed by atoms with E-state index < -0.39 is 28.1 Å². The number of aromatic carboxylic acids is 1. The summed E-state index contributed by atoms with van der Waals surface area (Å²) in [5, 5.41) is 16.9. The summed E-state index contributed by atoms with van der Waals surface area (Å²) in [7, 11) is -4.01. The zero-order valence-corrected chi connectivity index (χ0v) is 23.0. The number of hydrogen-bond acceptors (Lipinski definition) is 7. The molecule has 0 radical (unpaired) electrons. The lowest BCUT2D eigenvalue weighted by Crippen LogP contribution is -2.46. The van der Waals surface area contributed by atoms with Crippen LogP contribution >= 0.6 is 0 Å². The Bertz CT molecular complexity index is 1510. The van der Waals surface area contributed by atoms with Crippen molar-refractivity contribution in [2.45, 2.75) is 18.0 Å². The average molecular weight is 614 g/mol. The van der Waals surface area contributed by atoms with Crippen molar-refractivity contribution in [3.05, 3.63) is 78.1 Å². The van der Waals surface area contributed by atoms with Gasteiger partial charge in [0.25, 0.3) is 10.0 Å². The van der Waals surface area contributed by atoms with Gasteiger partial charge in [0.2, 0.25) is 0 Å². The van der Waals surface area contributed by atoms with Crippen LogP contribution in [0.4, 0.5) is 34.6 Å². The molecule has 4 rings (SSSR count). The SMILES string of the molecule is CCOc1ccc(S(=O)(=O)Nc2ccc(N3CCN(c4ccccc4F)CC3)cc2C(=O)O)cc1.O=C(O)C(F)(F)F. The average Bonchev–Trinajstić information content (AvgIpc) is 2.94. The summed E-state index contributed by atoms with van der Waals surface area (Å²) < 4.78 is 79.2. The van der Waals surface area contributed by atoms with E-state index in [1.54, 1.807) is 36.4 Å². The predicted molar refractivity (Wildman–Crippen MR) is 146 cm³/mol. The fraction of sp³-hybridized carbons (Fsp3) is 0.259. The molecule has 3 aromatic carbocycles. The number of anilines is 3. The van der Waals surface area contributed by atoms with Gasteiger partial charge in [-0.15, -0.1) is 0 Å². The number of sulfonamides is 1. The van der Waals surface area contributed by atoms with E-state index in [1.807, 2.05) is 16.7 Å². The molecule has 226 valence electrons. The summed E-state index contributed by atoms with van der Waals surface area (Å²) in [6.07, 6.45) is -5.08. The number of rotatable bonds is 8. The molecule has 1 aliphatic rings. The maximum absolute atomic E-state index is 14.1. The topological polar surface area (TPSA) is 136 Å². The number of ether oxygens (including phenoxy) is 1. The fourth-order valence-corrected chi connectivity index (χ4v) is 5.07. The number of nitrogens with one attached hydrogen (secondary N) is 1. The third kappa shape index (κ3) is 8.25. The maximum Gasteiger partial charge on any atom is 0.490 e. The van der Waals surface area contributed by atoms with E-state index in [-0.39, 0.29) is 22.0 Å². The summed E-state index contributed by atoms with van der Waals surface area (Å²) in [6.45, 7) is 4.53. The number of carboxylic acid groups (broad SMARTS) is 2. The molecule has 0 aromatic heterocycles. The van der Waals surface area contributed by atoms with E-state index in [2.05, 4.69) is 4.72 Å². The van der Waals surface area contributed by atoms with Crippen molar-refractivity contribution in [3.63, 3.8) is 0 Å². The van der Waals surface area contributed by atoms with Crippen LogP contribution in [0, 0.1) is 5.82 Å². The lowest BCUT2D eigenvalue weighted by molar-refractivity contribution is -0.192. The molecule has 0 bridgehead atoms. The number of para-hydroxylation sites is 1. The van der Waals surface area contributed by atoms with Gasteiger partial charge in [-0.2, -0.15) is 13.2 Å². The summed E-state index contributed by atoms with van der Waals surface area (Å²) in [4.78, 5) is 24.8. The standard InChI is InChI=1S/C25H26FN3O5S.C2HF3O2/c1-2-34-19-8-10-20(11-9-19)35(32,33)27-23-12-7-18(17-21(23)25(30)31)28-13-15-29(16-14-28)24-6-4-3-5-22(24)26;3-2(4,5)1(6)7/h3-12,17,27H,2,13-16H2,1H3,(H,30,31);(H,6,7). The van der Waals surface area contributed by atoms with Gasteiger partial charge in [0.15, 0.2) is 0 Å². The number of aliphatic carboxylic acids is 1. The highest BCUT2D eigenvalue weighted by Gasteiger charge is 2.38. The molecule has 42 heavy (non-hydrogen) atoms. The molecule has 1 aliphatic heterocycles. The highest BCUT2D eigenvalue weighted by molar-refractivity contribution is 7.92. The van der Waals surface area contributed by atoms with Crippen LogP contribution in [0.25, 0.3) is 0 Å². The third-order valence-electron chi connectivity index (χ3n) is 6.00. The second-order valence-electron chi connectivity index (χ2n) is 8.77. The number of carboxylic acids is 2. The Morgan fingerprint density at radius 2 is 1.50 bits per heavy atom.